The molecule has 2 N–H and O–H groups in total. The van der Waals surface area contributed by atoms with Gasteiger partial charge in [-0.1, -0.05) is 66.7 Å². The van der Waals surface area contributed by atoms with Crippen molar-refractivity contribution < 1.29 is 19.4 Å². The van der Waals surface area contributed by atoms with Crippen molar-refractivity contribution in [2.75, 3.05) is 5.32 Å². The second-order valence-corrected chi connectivity index (χ2v) is 8.55. The second-order valence-electron chi connectivity index (χ2n) is 7.30. The van der Waals surface area contributed by atoms with Crippen LogP contribution >= 0.6 is 22.6 Å². The molecule has 0 radical (unpaired) electrons. The second kappa shape index (κ2) is 10.3. The number of hydrogen-bond acceptors (Lipinski definition) is 3. The number of hydrogen-bond donors (Lipinski definition) is 2. The van der Waals surface area contributed by atoms with Crippen molar-refractivity contribution in [1.29, 1.82) is 0 Å². The van der Waals surface area contributed by atoms with Crippen molar-refractivity contribution >= 4 is 40.2 Å². The fourth-order valence-electron chi connectivity index (χ4n) is 3.37. The van der Waals surface area contributed by atoms with Crippen molar-refractivity contribution in [2.45, 2.75) is 6.61 Å². The fourth-order valence-corrected chi connectivity index (χ4v) is 3.84. The minimum absolute atomic E-state index is 0.0142. The molecular formula is C27H20INO4. The van der Waals surface area contributed by atoms with E-state index >= 15 is 0 Å². The number of aromatic carboxylic acids is 1. The van der Waals surface area contributed by atoms with Gasteiger partial charge in [-0.3, -0.25) is 4.79 Å². The van der Waals surface area contributed by atoms with E-state index in [1.54, 1.807) is 24.3 Å². The number of anilines is 1. The molecule has 33 heavy (non-hydrogen) atoms. The van der Waals surface area contributed by atoms with Crippen LogP contribution in [0.25, 0.3) is 11.1 Å². The summed E-state index contributed by atoms with van der Waals surface area (Å²) in [6, 6.07) is 29.4. The first-order valence-electron chi connectivity index (χ1n) is 10.2. The molecule has 0 saturated carbocycles. The third kappa shape index (κ3) is 5.59. The molecule has 0 aliphatic carbocycles. The van der Waals surface area contributed by atoms with Crippen LogP contribution in [-0.4, -0.2) is 17.0 Å². The fraction of sp³-hybridized carbons (Fsp3) is 0.0370. The maximum atomic E-state index is 13.2. The SMILES string of the molecule is O=C(O)c1ccc(-c2ccccc2)cc1NC(=O)c1ccc(I)cc1OCc1ccccc1. The van der Waals surface area contributed by atoms with Gasteiger partial charge in [0.05, 0.1) is 16.8 Å². The predicted octanol–water partition coefficient (Wildman–Crippen LogP) is 6.49. The van der Waals surface area contributed by atoms with E-state index in [-0.39, 0.29) is 11.3 Å². The van der Waals surface area contributed by atoms with Crippen LogP contribution in [0.3, 0.4) is 0 Å². The molecule has 0 saturated heterocycles. The summed E-state index contributed by atoms with van der Waals surface area (Å²) in [6.07, 6.45) is 0. The van der Waals surface area contributed by atoms with Crippen LogP contribution in [-0.2, 0) is 6.61 Å². The van der Waals surface area contributed by atoms with Gasteiger partial charge in [0.2, 0.25) is 0 Å². The zero-order chi connectivity index (χ0) is 23.2. The number of ether oxygens (including phenoxy) is 1. The molecular weight excluding hydrogens is 529 g/mol. The third-order valence-electron chi connectivity index (χ3n) is 5.03. The van der Waals surface area contributed by atoms with E-state index in [4.69, 9.17) is 4.74 Å². The highest BCUT2D eigenvalue weighted by Gasteiger charge is 2.18. The van der Waals surface area contributed by atoms with E-state index < -0.39 is 11.9 Å². The lowest BCUT2D eigenvalue weighted by Crippen LogP contribution is -2.16. The summed E-state index contributed by atoms with van der Waals surface area (Å²) in [5.41, 5.74) is 3.27. The Morgan fingerprint density at radius 3 is 2.15 bits per heavy atom. The number of benzene rings is 4. The molecule has 4 aromatic rings. The first-order valence-corrected chi connectivity index (χ1v) is 11.3. The Balaban J connectivity index is 1.63. The van der Waals surface area contributed by atoms with E-state index in [1.807, 2.05) is 66.7 Å². The molecule has 0 bridgehead atoms. The predicted molar refractivity (Wildman–Crippen MR) is 137 cm³/mol. The Kier molecular flexibility index (Phi) is 7.04. The van der Waals surface area contributed by atoms with Crippen molar-refractivity contribution in [3.05, 3.63) is 117 Å². The Bertz CT molecular complexity index is 1290. The minimum Gasteiger partial charge on any atom is -0.488 e. The lowest BCUT2D eigenvalue weighted by Gasteiger charge is -2.14. The van der Waals surface area contributed by atoms with Crippen LogP contribution in [0.5, 0.6) is 5.75 Å². The van der Waals surface area contributed by atoms with Gasteiger partial charge in [0.25, 0.3) is 5.91 Å². The smallest absolute Gasteiger partial charge is 0.337 e. The number of carbonyl (C=O) groups is 2. The molecule has 0 heterocycles. The molecule has 5 nitrogen and oxygen atoms in total. The molecule has 0 aromatic heterocycles. The molecule has 0 aliphatic heterocycles. The first-order chi connectivity index (χ1) is 16.0. The summed E-state index contributed by atoms with van der Waals surface area (Å²) in [4.78, 5) is 25.0. The van der Waals surface area contributed by atoms with Crippen molar-refractivity contribution in [3.63, 3.8) is 0 Å². The quantitative estimate of drug-likeness (QED) is 0.259. The number of nitrogens with one attached hydrogen (secondary N) is 1. The van der Waals surface area contributed by atoms with Crippen molar-refractivity contribution in [1.82, 2.24) is 0 Å². The molecule has 1 amide bonds. The Labute approximate surface area is 205 Å². The maximum absolute atomic E-state index is 13.2. The van der Waals surface area contributed by atoms with E-state index in [2.05, 4.69) is 27.9 Å². The molecule has 0 aliphatic rings. The Hall–Kier alpha value is -3.65. The minimum atomic E-state index is -1.12. The number of halogens is 1. The molecule has 0 spiro atoms. The zero-order valence-electron chi connectivity index (χ0n) is 17.5. The number of carbonyl (C=O) groups excluding carboxylic acids is 1. The average Bonchev–Trinajstić information content (AvgIpc) is 2.83. The first kappa shape index (κ1) is 22.5. The van der Waals surface area contributed by atoms with Gasteiger partial charge in [-0.2, -0.15) is 0 Å². The van der Waals surface area contributed by atoms with Gasteiger partial charge < -0.3 is 15.2 Å². The largest absolute Gasteiger partial charge is 0.488 e. The summed E-state index contributed by atoms with van der Waals surface area (Å²) in [5, 5.41) is 12.4. The summed E-state index contributed by atoms with van der Waals surface area (Å²) >= 11 is 2.16. The van der Waals surface area contributed by atoms with Gasteiger partial charge in [-0.15, -0.1) is 0 Å². The molecule has 4 rings (SSSR count). The topological polar surface area (TPSA) is 75.6 Å². The molecule has 6 heteroatoms. The van der Waals surface area contributed by atoms with Gasteiger partial charge in [0.15, 0.2) is 0 Å². The van der Waals surface area contributed by atoms with Crippen LogP contribution in [0.1, 0.15) is 26.3 Å². The van der Waals surface area contributed by atoms with Gasteiger partial charge in [-0.25, -0.2) is 4.79 Å². The average molecular weight is 549 g/mol. The summed E-state index contributed by atoms with van der Waals surface area (Å²) < 4.78 is 6.87. The van der Waals surface area contributed by atoms with E-state index in [0.29, 0.717) is 17.9 Å². The van der Waals surface area contributed by atoms with Crippen molar-refractivity contribution in [2.24, 2.45) is 0 Å². The lowest BCUT2D eigenvalue weighted by atomic mass is 10.0. The van der Waals surface area contributed by atoms with E-state index in [9.17, 15) is 14.7 Å². The molecule has 4 aromatic carbocycles. The van der Waals surface area contributed by atoms with Gasteiger partial charge in [0.1, 0.15) is 12.4 Å². The third-order valence-corrected chi connectivity index (χ3v) is 5.70. The van der Waals surface area contributed by atoms with E-state index in [0.717, 1.165) is 20.3 Å². The Morgan fingerprint density at radius 2 is 1.45 bits per heavy atom. The number of amides is 1. The molecule has 0 fully saturated rings. The summed E-state index contributed by atoms with van der Waals surface area (Å²) in [6.45, 7) is 0.311. The van der Waals surface area contributed by atoms with Gasteiger partial charge >= 0.3 is 5.97 Å². The highest BCUT2D eigenvalue weighted by Crippen LogP contribution is 2.28. The van der Waals surface area contributed by atoms with Crippen LogP contribution in [0.4, 0.5) is 5.69 Å². The highest BCUT2D eigenvalue weighted by atomic mass is 127. The lowest BCUT2D eigenvalue weighted by molar-refractivity contribution is 0.0698. The summed E-state index contributed by atoms with van der Waals surface area (Å²) in [5.74, 6) is -1.13. The summed E-state index contributed by atoms with van der Waals surface area (Å²) in [7, 11) is 0. The highest BCUT2D eigenvalue weighted by molar-refractivity contribution is 14.1. The van der Waals surface area contributed by atoms with Crippen LogP contribution < -0.4 is 10.1 Å². The number of rotatable bonds is 7. The van der Waals surface area contributed by atoms with Crippen LogP contribution in [0, 0.1) is 3.57 Å². The molecule has 0 atom stereocenters. The zero-order valence-corrected chi connectivity index (χ0v) is 19.7. The van der Waals surface area contributed by atoms with Gasteiger partial charge in [0, 0.05) is 3.57 Å². The normalized spacial score (nSPS) is 10.5. The Morgan fingerprint density at radius 1 is 0.788 bits per heavy atom. The molecule has 164 valence electrons. The van der Waals surface area contributed by atoms with Crippen LogP contribution in [0.15, 0.2) is 97.1 Å². The maximum Gasteiger partial charge on any atom is 0.337 e. The number of carboxylic acids is 1. The number of carboxylic acid groups (broad SMARTS) is 1. The van der Waals surface area contributed by atoms with Crippen LogP contribution in [0.2, 0.25) is 0 Å². The monoisotopic (exact) mass is 549 g/mol. The standard InChI is InChI=1S/C27H20INO4/c28-21-12-14-23(25(16-21)33-17-18-7-3-1-4-8-18)26(30)29-24-15-20(11-13-22(24)27(31)32)19-9-5-2-6-10-19/h1-16H,17H2,(H,29,30)(H,31,32). The van der Waals surface area contributed by atoms with Crippen molar-refractivity contribution in [3.8, 4) is 16.9 Å². The van der Waals surface area contributed by atoms with Gasteiger partial charge in [-0.05, 0) is 69.6 Å². The molecule has 0 unspecified atom stereocenters. The van der Waals surface area contributed by atoms with E-state index in [1.165, 1.54) is 6.07 Å².